The Morgan fingerprint density at radius 2 is 2.00 bits per heavy atom. The monoisotopic (exact) mass is 239 g/mol. The molecule has 1 aromatic rings. The summed E-state index contributed by atoms with van der Waals surface area (Å²) in [5.41, 5.74) is 6.72. The molecule has 0 fully saturated rings. The predicted octanol–water partition coefficient (Wildman–Crippen LogP) is 3.28. The molecule has 0 radical (unpaired) electrons. The minimum absolute atomic E-state index is 0.119. The molecule has 96 valence electrons. The lowest BCUT2D eigenvalue weighted by Crippen LogP contribution is -2.31. The van der Waals surface area contributed by atoms with E-state index in [9.17, 15) is 4.39 Å². The van der Waals surface area contributed by atoms with E-state index in [-0.39, 0.29) is 11.4 Å². The van der Waals surface area contributed by atoms with Crippen LogP contribution in [0.4, 0.5) is 4.39 Å². The number of ether oxygens (including phenoxy) is 1. The van der Waals surface area contributed by atoms with Gasteiger partial charge < -0.3 is 10.5 Å². The quantitative estimate of drug-likeness (QED) is 0.773. The van der Waals surface area contributed by atoms with Gasteiger partial charge in [0.05, 0.1) is 7.11 Å². The van der Waals surface area contributed by atoms with Gasteiger partial charge in [-0.3, -0.25) is 0 Å². The topological polar surface area (TPSA) is 35.2 Å². The first kappa shape index (κ1) is 14.0. The molecule has 1 aromatic carbocycles. The van der Waals surface area contributed by atoms with E-state index >= 15 is 0 Å². The molecule has 17 heavy (non-hydrogen) atoms. The molecule has 0 heterocycles. The second-order valence-electron chi connectivity index (χ2n) is 5.15. The zero-order valence-corrected chi connectivity index (χ0v) is 10.9. The van der Waals surface area contributed by atoms with Crippen molar-refractivity contribution in [1.29, 1.82) is 0 Å². The maximum Gasteiger partial charge on any atom is 0.123 e. The van der Waals surface area contributed by atoms with Crippen molar-refractivity contribution in [3.8, 4) is 5.75 Å². The van der Waals surface area contributed by atoms with Crippen molar-refractivity contribution in [3.63, 3.8) is 0 Å². The highest BCUT2D eigenvalue weighted by Gasteiger charge is 2.10. The van der Waals surface area contributed by atoms with Gasteiger partial charge in [-0.05, 0) is 56.9 Å². The summed E-state index contributed by atoms with van der Waals surface area (Å²) in [5.74, 6) is 0.554. The van der Waals surface area contributed by atoms with Gasteiger partial charge in [-0.1, -0.05) is 6.42 Å². The number of hydrogen-bond donors (Lipinski definition) is 1. The van der Waals surface area contributed by atoms with Crippen LogP contribution in [-0.4, -0.2) is 12.6 Å². The van der Waals surface area contributed by atoms with Gasteiger partial charge in [0.25, 0.3) is 0 Å². The summed E-state index contributed by atoms with van der Waals surface area (Å²) in [6, 6.07) is 4.65. The van der Waals surface area contributed by atoms with Gasteiger partial charge in [-0.25, -0.2) is 4.39 Å². The highest BCUT2D eigenvalue weighted by molar-refractivity contribution is 5.33. The van der Waals surface area contributed by atoms with E-state index in [1.54, 1.807) is 19.2 Å². The molecule has 0 atom stereocenters. The fourth-order valence-corrected chi connectivity index (χ4v) is 1.84. The van der Waals surface area contributed by atoms with Crippen molar-refractivity contribution < 1.29 is 9.13 Å². The summed E-state index contributed by atoms with van der Waals surface area (Å²) in [7, 11) is 1.61. The number of aryl methyl sites for hydroxylation is 1. The molecule has 2 nitrogen and oxygen atoms in total. The van der Waals surface area contributed by atoms with Crippen LogP contribution in [0.2, 0.25) is 0 Å². The lowest BCUT2D eigenvalue weighted by molar-refractivity contribution is 0.405. The lowest BCUT2D eigenvalue weighted by Gasteiger charge is -2.18. The number of methoxy groups -OCH3 is 1. The largest absolute Gasteiger partial charge is 0.496 e. The second-order valence-corrected chi connectivity index (χ2v) is 5.15. The SMILES string of the molecule is COc1ccc(F)cc1CCCCC(C)(C)N. The third kappa shape index (κ3) is 5.18. The normalized spacial score (nSPS) is 11.6. The van der Waals surface area contributed by atoms with Crippen molar-refractivity contribution in [1.82, 2.24) is 0 Å². The molecule has 0 aliphatic heterocycles. The van der Waals surface area contributed by atoms with Crippen molar-refractivity contribution in [2.75, 3.05) is 7.11 Å². The van der Waals surface area contributed by atoms with Crippen molar-refractivity contribution >= 4 is 0 Å². The molecule has 0 amide bonds. The maximum absolute atomic E-state index is 13.1. The molecule has 0 bridgehead atoms. The van der Waals surface area contributed by atoms with Crippen LogP contribution < -0.4 is 10.5 Å². The molecular weight excluding hydrogens is 217 g/mol. The van der Waals surface area contributed by atoms with Crippen LogP contribution in [0.15, 0.2) is 18.2 Å². The first-order valence-electron chi connectivity index (χ1n) is 6.04. The van der Waals surface area contributed by atoms with E-state index in [4.69, 9.17) is 10.5 Å². The number of nitrogens with two attached hydrogens (primary N) is 1. The number of halogens is 1. The van der Waals surface area contributed by atoms with Crippen LogP contribution in [0.3, 0.4) is 0 Å². The molecule has 2 N–H and O–H groups in total. The van der Waals surface area contributed by atoms with Crippen molar-refractivity contribution in [2.24, 2.45) is 5.73 Å². The van der Waals surface area contributed by atoms with Crippen LogP contribution in [-0.2, 0) is 6.42 Å². The van der Waals surface area contributed by atoms with Crippen LogP contribution >= 0.6 is 0 Å². The van der Waals surface area contributed by atoms with Gasteiger partial charge in [0.2, 0.25) is 0 Å². The molecular formula is C14H22FNO. The minimum atomic E-state index is -0.208. The molecule has 0 aliphatic carbocycles. The molecule has 0 aromatic heterocycles. The summed E-state index contributed by atoms with van der Waals surface area (Å²) in [6.07, 6.45) is 3.85. The van der Waals surface area contributed by atoms with Gasteiger partial charge in [0, 0.05) is 5.54 Å². The van der Waals surface area contributed by atoms with Gasteiger partial charge in [-0.15, -0.1) is 0 Å². The van der Waals surface area contributed by atoms with Gasteiger partial charge in [0.1, 0.15) is 11.6 Å². The fraction of sp³-hybridized carbons (Fsp3) is 0.571. The van der Waals surface area contributed by atoms with E-state index in [0.29, 0.717) is 0 Å². The molecule has 0 unspecified atom stereocenters. The molecule has 0 saturated heterocycles. The zero-order valence-electron chi connectivity index (χ0n) is 10.9. The molecule has 0 saturated carbocycles. The summed E-state index contributed by atoms with van der Waals surface area (Å²) in [6.45, 7) is 4.05. The van der Waals surface area contributed by atoms with Gasteiger partial charge in [0.15, 0.2) is 0 Å². The van der Waals surface area contributed by atoms with Crippen LogP contribution in [0.1, 0.15) is 38.7 Å². The third-order valence-corrected chi connectivity index (χ3v) is 2.76. The van der Waals surface area contributed by atoms with Crippen LogP contribution in [0.5, 0.6) is 5.75 Å². The standard InChI is InChI=1S/C14H22FNO/c1-14(2,16)9-5-4-6-11-10-12(15)7-8-13(11)17-3/h7-8,10H,4-6,9,16H2,1-3H3. The third-order valence-electron chi connectivity index (χ3n) is 2.76. The number of hydrogen-bond acceptors (Lipinski definition) is 2. The summed E-state index contributed by atoms with van der Waals surface area (Å²) < 4.78 is 18.3. The number of benzene rings is 1. The van der Waals surface area contributed by atoms with E-state index in [2.05, 4.69) is 0 Å². The Morgan fingerprint density at radius 3 is 2.59 bits per heavy atom. The zero-order chi connectivity index (χ0) is 12.9. The highest BCUT2D eigenvalue weighted by Crippen LogP contribution is 2.22. The predicted molar refractivity (Wildman–Crippen MR) is 68.8 cm³/mol. The fourth-order valence-electron chi connectivity index (χ4n) is 1.84. The Bertz CT molecular complexity index is 358. The molecule has 0 aliphatic rings. The molecule has 1 rings (SSSR count). The Morgan fingerprint density at radius 1 is 1.29 bits per heavy atom. The number of rotatable bonds is 6. The maximum atomic E-state index is 13.1. The Balaban J connectivity index is 2.48. The smallest absolute Gasteiger partial charge is 0.123 e. The first-order valence-corrected chi connectivity index (χ1v) is 6.04. The number of unbranched alkanes of at least 4 members (excludes halogenated alkanes) is 1. The average molecular weight is 239 g/mol. The minimum Gasteiger partial charge on any atom is -0.496 e. The van der Waals surface area contributed by atoms with E-state index < -0.39 is 0 Å². The first-order chi connectivity index (χ1) is 7.92. The molecule has 3 heteroatoms. The van der Waals surface area contributed by atoms with Gasteiger partial charge in [-0.2, -0.15) is 0 Å². The Hall–Kier alpha value is -1.09. The highest BCUT2D eigenvalue weighted by atomic mass is 19.1. The Kier molecular flexibility index (Phi) is 4.94. The van der Waals surface area contributed by atoms with Crippen LogP contribution in [0, 0.1) is 5.82 Å². The van der Waals surface area contributed by atoms with E-state index in [0.717, 1.165) is 37.0 Å². The Labute approximate surface area is 103 Å². The summed E-state index contributed by atoms with van der Waals surface area (Å²) in [5, 5.41) is 0. The van der Waals surface area contributed by atoms with Crippen molar-refractivity contribution in [2.45, 2.75) is 45.1 Å². The lowest BCUT2D eigenvalue weighted by atomic mass is 9.97. The summed E-state index contributed by atoms with van der Waals surface area (Å²) >= 11 is 0. The van der Waals surface area contributed by atoms with Crippen LogP contribution in [0.25, 0.3) is 0 Å². The van der Waals surface area contributed by atoms with E-state index in [1.165, 1.54) is 6.07 Å². The average Bonchev–Trinajstić information content (AvgIpc) is 2.23. The second kappa shape index (κ2) is 6.01. The van der Waals surface area contributed by atoms with E-state index in [1.807, 2.05) is 13.8 Å². The van der Waals surface area contributed by atoms with Crippen molar-refractivity contribution in [3.05, 3.63) is 29.6 Å². The van der Waals surface area contributed by atoms with Gasteiger partial charge >= 0.3 is 0 Å². The summed E-state index contributed by atoms with van der Waals surface area (Å²) in [4.78, 5) is 0. The molecule has 0 spiro atoms.